The quantitative estimate of drug-likeness (QED) is 0.821. The zero-order valence-electron chi connectivity index (χ0n) is 12.4. The predicted octanol–water partition coefficient (Wildman–Crippen LogP) is 4.12. The van der Waals surface area contributed by atoms with E-state index in [1.165, 1.54) is 16.3 Å². The first-order valence-corrected chi connectivity index (χ1v) is 7.40. The molecule has 0 unspecified atom stereocenters. The summed E-state index contributed by atoms with van der Waals surface area (Å²) in [7, 11) is 1.67. The van der Waals surface area contributed by atoms with E-state index in [4.69, 9.17) is 4.74 Å². The van der Waals surface area contributed by atoms with Crippen molar-refractivity contribution in [1.29, 1.82) is 0 Å². The molecule has 0 fully saturated rings. The highest BCUT2D eigenvalue weighted by Crippen LogP contribution is 2.29. The highest BCUT2D eigenvalue weighted by Gasteiger charge is 2.17. The molecule has 2 heteroatoms. The average molecular weight is 272 g/mol. The maximum absolute atomic E-state index is 9.34. The van der Waals surface area contributed by atoms with Crippen molar-refractivity contribution in [3.8, 4) is 0 Å². The first-order chi connectivity index (χ1) is 9.78. The van der Waals surface area contributed by atoms with Gasteiger partial charge in [-0.1, -0.05) is 55.8 Å². The fourth-order valence-corrected chi connectivity index (χ4v) is 2.79. The van der Waals surface area contributed by atoms with E-state index in [1.54, 1.807) is 7.11 Å². The molecular weight excluding hydrogens is 248 g/mol. The van der Waals surface area contributed by atoms with Gasteiger partial charge in [0, 0.05) is 7.11 Å². The molecule has 0 saturated carbocycles. The van der Waals surface area contributed by atoms with Gasteiger partial charge in [0.1, 0.15) is 0 Å². The third kappa shape index (κ3) is 3.59. The summed E-state index contributed by atoms with van der Waals surface area (Å²) in [5.41, 5.74) is 1.35. The van der Waals surface area contributed by atoms with E-state index in [1.807, 2.05) is 0 Å². The molecule has 0 saturated heterocycles. The van der Waals surface area contributed by atoms with Crippen LogP contribution in [0.5, 0.6) is 0 Å². The first-order valence-electron chi connectivity index (χ1n) is 7.40. The highest BCUT2D eigenvalue weighted by molar-refractivity contribution is 5.83. The Hall–Kier alpha value is -1.38. The van der Waals surface area contributed by atoms with Gasteiger partial charge in [0.2, 0.25) is 0 Å². The van der Waals surface area contributed by atoms with Gasteiger partial charge >= 0.3 is 0 Å². The summed E-state index contributed by atoms with van der Waals surface area (Å²) in [4.78, 5) is 0. The molecule has 0 bridgehead atoms. The summed E-state index contributed by atoms with van der Waals surface area (Å²) >= 11 is 0. The minimum atomic E-state index is -0.0713. The zero-order chi connectivity index (χ0) is 14.4. The molecule has 2 aromatic carbocycles. The van der Waals surface area contributed by atoms with Crippen molar-refractivity contribution in [2.75, 3.05) is 13.7 Å². The second-order valence-electron chi connectivity index (χ2n) is 5.37. The Bertz CT molecular complexity index is 532. The minimum absolute atomic E-state index is 0.0713. The number of fused-ring (bicyclic) bond motifs is 1. The van der Waals surface area contributed by atoms with E-state index in [-0.39, 0.29) is 12.7 Å². The average Bonchev–Trinajstić information content (AvgIpc) is 2.51. The Labute approximate surface area is 121 Å². The molecule has 0 radical (unpaired) electrons. The molecule has 2 atom stereocenters. The highest BCUT2D eigenvalue weighted by atomic mass is 16.5. The normalized spacial score (nSPS) is 14.3. The van der Waals surface area contributed by atoms with Crippen molar-refractivity contribution in [1.82, 2.24) is 0 Å². The molecule has 0 aromatic heterocycles. The molecule has 20 heavy (non-hydrogen) atoms. The maximum Gasteiger partial charge on any atom is 0.0807 e. The topological polar surface area (TPSA) is 29.5 Å². The van der Waals surface area contributed by atoms with Crippen molar-refractivity contribution in [3.63, 3.8) is 0 Å². The molecule has 2 nitrogen and oxygen atoms in total. The Morgan fingerprint density at radius 2 is 1.85 bits per heavy atom. The molecule has 0 aliphatic heterocycles. The van der Waals surface area contributed by atoms with Gasteiger partial charge in [0.25, 0.3) is 0 Å². The van der Waals surface area contributed by atoms with Crippen LogP contribution in [0.1, 0.15) is 37.7 Å². The third-order valence-corrected chi connectivity index (χ3v) is 3.97. The third-order valence-electron chi connectivity index (χ3n) is 3.97. The fourth-order valence-electron chi connectivity index (χ4n) is 2.79. The summed E-state index contributed by atoms with van der Waals surface area (Å²) < 4.78 is 5.34. The van der Waals surface area contributed by atoms with Crippen LogP contribution in [0.15, 0.2) is 42.5 Å². The van der Waals surface area contributed by atoms with E-state index in [9.17, 15) is 5.11 Å². The first kappa shape index (κ1) is 15.0. The number of hydrogen-bond acceptors (Lipinski definition) is 2. The van der Waals surface area contributed by atoms with Gasteiger partial charge in [-0.15, -0.1) is 0 Å². The number of aliphatic hydroxyl groups is 1. The van der Waals surface area contributed by atoms with E-state index < -0.39 is 0 Å². The minimum Gasteiger partial charge on any atom is -0.394 e. The molecule has 2 aromatic rings. The van der Waals surface area contributed by atoms with Crippen LogP contribution in [0.3, 0.4) is 0 Å². The van der Waals surface area contributed by atoms with Crippen LogP contribution in [-0.4, -0.2) is 24.9 Å². The Kier molecular flexibility index (Phi) is 5.57. The lowest BCUT2D eigenvalue weighted by Gasteiger charge is -2.22. The Balaban J connectivity index is 2.25. The number of benzene rings is 2. The van der Waals surface area contributed by atoms with Crippen LogP contribution in [0.4, 0.5) is 0 Å². The second-order valence-corrected chi connectivity index (χ2v) is 5.37. The Morgan fingerprint density at radius 3 is 2.50 bits per heavy atom. The SMILES string of the molecule is CCC[C@H](C[C@H](CO)OC)c1ccc2ccccc2c1. The maximum atomic E-state index is 9.34. The fraction of sp³-hybridized carbons (Fsp3) is 0.444. The Morgan fingerprint density at radius 1 is 1.10 bits per heavy atom. The van der Waals surface area contributed by atoms with Gasteiger partial charge in [0.15, 0.2) is 0 Å². The summed E-state index contributed by atoms with van der Waals surface area (Å²) in [5, 5.41) is 11.9. The van der Waals surface area contributed by atoms with Gasteiger partial charge < -0.3 is 9.84 Å². The molecule has 2 rings (SSSR count). The number of methoxy groups -OCH3 is 1. The lowest BCUT2D eigenvalue weighted by molar-refractivity contribution is 0.0376. The standard InChI is InChI=1S/C18H24O2/c1-3-6-15(12-18(13-19)20-2)17-10-9-14-7-4-5-8-16(14)11-17/h4-5,7-11,15,18-19H,3,6,12-13H2,1-2H3/t15-,18-/m1/s1. The molecular formula is C18H24O2. The number of aliphatic hydroxyl groups excluding tert-OH is 1. The second kappa shape index (κ2) is 7.41. The van der Waals surface area contributed by atoms with E-state index in [0.29, 0.717) is 5.92 Å². The summed E-state index contributed by atoms with van der Waals surface area (Å²) in [6.45, 7) is 2.29. The lowest BCUT2D eigenvalue weighted by atomic mass is 9.88. The van der Waals surface area contributed by atoms with Gasteiger partial charge in [-0.2, -0.15) is 0 Å². The van der Waals surface area contributed by atoms with Gasteiger partial charge in [0.05, 0.1) is 12.7 Å². The molecule has 0 amide bonds. The van der Waals surface area contributed by atoms with E-state index in [0.717, 1.165) is 19.3 Å². The predicted molar refractivity (Wildman–Crippen MR) is 84.1 cm³/mol. The molecule has 1 N–H and O–H groups in total. The van der Waals surface area contributed by atoms with Gasteiger partial charge in [-0.25, -0.2) is 0 Å². The lowest BCUT2D eigenvalue weighted by Crippen LogP contribution is -2.19. The number of rotatable bonds is 7. The van der Waals surface area contributed by atoms with Crippen LogP contribution < -0.4 is 0 Å². The van der Waals surface area contributed by atoms with Crippen molar-refractivity contribution in [3.05, 3.63) is 48.0 Å². The molecule has 0 heterocycles. The summed E-state index contributed by atoms with van der Waals surface area (Å²) in [5.74, 6) is 0.446. The van der Waals surface area contributed by atoms with Crippen LogP contribution in [0, 0.1) is 0 Å². The smallest absolute Gasteiger partial charge is 0.0807 e. The van der Waals surface area contributed by atoms with Gasteiger partial charge in [-0.05, 0) is 35.1 Å². The molecule has 0 spiro atoms. The van der Waals surface area contributed by atoms with Crippen LogP contribution in [0.2, 0.25) is 0 Å². The monoisotopic (exact) mass is 272 g/mol. The van der Waals surface area contributed by atoms with Crippen molar-refractivity contribution >= 4 is 10.8 Å². The van der Waals surface area contributed by atoms with E-state index in [2.05, 4.69) is 49.4 Å². The zero-order valence-corrected chi connectivity index (χ0v) is 12.4. The van der Waals surface area contributed by atoms with Crippen LogP contribution in [0.25, 0.3) is 10.8 Å². The summed E-state index contributed by atoms with van der Waals surface area (Å²) in [6.07, 6.45) is 3.06. The van der Waals surface area contributed by atoms with Crippen molar-refractivity contribution in [2.24, 2.45) is 0 Å². The largest absolute Gasteiger partial charge is 0.394 e. The van der Waals surface area contributed by atoms with E-state index >= 15 is 0 Å². The van der Waals surface area contributed by atoms with Crippen molar-refractivity contribution < 1.29 is 9.84 Å². The molecule has 0 aliphatic rings. The summed E-state index contributed by atoms with van der Waals surface area (Å²) in [6, 6.07) is 15.1. The van der Waals surface area contributed by atoms with Crippen molar-refractivity contribution in [2.45, 2.75) is 38.2 Å². The van der Waals surface area contributed by atoms with Gasteiger partial charge in [-0.3, -0.25) is 0 Å². The molecule has 108 valence electrons. The number of hydrogen-bond donors (Lipinski definition) is 1. The van der Waals surface area contributed by atoms with Crippen LogP contribution in [-0.2, 0) is 4.74 Å². The number of ether oxygens (including phenoxy) is 1. The molecule has 0 aliphatic carbocycles. The van der Waals surface area contributed by atoms with Crippen LogP contribution >= 0.6 is 0 Å².